The molecule has 1 aliphatic carbocycles. The zero-order chi connectivity index (χ0) is 6.20. The van der Waals surface area contributed by atoms with E-state index in [1.54, 1.807) is 0 Å². The molecular formula is C5H9AsO2. The Bertz CT molecular complexity index is 118. The van der Waals surface area contributed by atoms with Crippen LogP contribution in [0.4, 0.5) is 0 Å². The fourth-order valence-corrected chi connectivity index (χ4v) is 1.63. The van der Waals surface area contributed by atoms with Gasteiger partial charge in [-0.25, -0.2) is 0 Å². The van der Waals surface area contributed by atoms with Crippen molar-refractivity contribution < 1.29 is 9.90 Å². The van der Waals surface area contributed by atoms with Crippen molar-refractivity contribution >= 4 is 22.8 Å². The summed E-state index contributed by atoms with van der Waals surface area (Å²) in [5.74, 6) is -0.608. The predicted molar refractivity (Wildman–Crippen MR) is 32.7 cm³/mol. The van der Waals surface area contributed by atoms with Gasteiger partial charge >= 0.3 is 56.2 Å². The van der Waals surface area contributed by atoms with Crippen LogP contribution in [0, 0.1) is 0 Å². The van der Waals surface area contributed by atoms with Gasteiger partial charge in [-0.3, -0.25) is 0 Å². The van der Waals surface area contributed by atoms with E-state index >= 15 is 0 Å². The molecule has 1 atom stereocenters. The number of carboxylic acid groups (broad SMARTS) is 1. The van der Waals surface area contributed by atoms with Gasteiger partial charge < -0.3 is 0 Å². The molecule has 0 heterocycles. The second-order valence-electron chi connectivity index (χ2n) is 2.31. The van der Waals surface area contributed by atoms with Gasteiger partial charge in [0.15, 0.2) is 0 Å². The number of carboxylic acids is 1. The maximum absolute atomic E-state index is 10.3. The Balaban J connectivity index is 2.53. The summed E-state index contributed by atoms with van der Waals surface area (Å²) in [6, 6.07) is 0. The Morgan fingerprint density at radius 3 is 2.12 bits per heavy atom. The minimum atomic E-state index is -0.608. The Kier molecular flexibility index (Phi) is 1.36. The van der Waals surface area contributed by atoms with Crippen molar-refractivity contribution in [1.29, 1.82) is 0 Å². The maximum atomic E-state index is 10.3. The molecule has 1 N–H and O–H groups in total. The van der Waals surface area contributed by atoms with Crippen molar-refractivity contribution in [2.45, 2.75) is 23.5 Å². The quantitative estimate of drug-likeness (QED) is 0.573. The third kappa shape index (κ3) is 0.775. The van der Waals surface area contributed by atoms with Gasteiger partial charge in [-0.15, -0.1) is 0 Å². The van der Waals surface area contributed by atoms with Crippen LogP contribution in [0.3, 0.4) is 0 Å². The molecule has 0 spiro atoms. The fourth-order valence-electron chi connectivity index (χ4n) is 0.772. The van der Waals surface area contributed by atoms with Gasteiger partial charge in [-0.1, -0.05) is 0 Å². The van der Waals surface area contributed by atoms with Gasteiger partial charge in [-0.05, 0) is 0 Å². The van der Waals surface area contributed by atoms with E-state index in [2.05, 4.69) is 0 Å². The third-order valence-corrected chi connectivity index (χ3v) is 3.40. The molecule has 46 valence electrons. The molecule has 0 aliphatic heterocycles. The van der Waals surface area contributed by atoms with Crippen LogP contribution in [0.15, 0.2) is 0 Å². The van der Waals surface area contributed by atoms with E-state index in [1.807, 2.05) is 0 Å². The zero-order valence-corrected chi connectivity index (χ0v) is 6.98. The first kappa shape index (κ1) is 6.15. The first-order chi connectivity index (χ1) is 3.65. The molecule has 0 saturated heterocycles. The Morgan fingerprint density at radius 2 is 2.12 bits per heavy atom. The van der Waals surface area contributed by atoms with E-state index in [-0.39, 0.29) is 4.20 Å². The molecule has 0 aromatic carbocycles. The van der Waals surface area contributed by atoms with Crippen molar-refractivity contribution in [1.82, 2.24) is 0 Å². The average Bonchev–Trinajstić information content (AvgIpc) is 1.60. The summed E-state index contributed by atoms with van der Waals surface area (Å²) in [5, 5.41) is 8.51. The van der Waals surface area contributed by atoms with Crippen LogP contribution in [0.2, 0.25) is 4.20 Å². The van der Waals surface area contributed by atoms with Gasteiger partial charge in [0.25, 0.3) is 0 Å². The summed E-state index contributed by atoms with van der Waals surface area (Å²) >= 11 is 1.36. The Labute approximate surface area is 56.8 Å². The molecule has 0 radical (unpaired) electrons. The number of carbonyl (C=O) groups is 1. The number of aliphatic carboxylic acids is 1. The van der Waals surface area contributed by atoms with Gasteiger partial charge in [0.1, 0.15) is 0 Å². The molecule has 0 amide bonds. The Morgan fingerprint density at radius 1 is 1.62 bits per heavy atom. The van der Waals surface area contributed by atoms with E-state index in [9.17, 15) is 4.79 Å². The molecule has 0 aromatic rings. The monoisotopic (exact) mass is 176 g/mol. The number of hydrogen-bond acceptors (Lipinski definition) is 1. The van der Waals surface area contributed by atoms with Gasteiger partial charge in [0.05, 0.1) is 0 Å². The van der Waals surface area contributed by atoms with E-state index in [0.717, 1.165) is 19.3 Å². The van der Waals surface area contributed by atoms with Crippen LogP contribution in [-0.4, -0.2) is 27.9 Å². The van der Waals surface area contributed by atoms with Gasteiger partial charge in [-0.2, -0.15) is 0 Å². The summed E-state index contributed by atoms with van der Waals surface area (Å²) in [5.41, 5.74) is 0. The van der Waals surface area contributed by atoms with Crippen LogP contribution < -0.4 is 0 Å². The first-order valence-electron chi connectivity index (χ1n) is 2.67. The van der Waals surface area contributed by atoms with Crippen LogP contribution in [0.25, 0.3) is 0 Å². The van der Waals surface area contributed by atoms with E-state index in [4.69, 9.17) is 5.11 Å². The summed E-state index contributed by atoms with van der Waals surface area (Å²) < 4.78 is -0.299. The molecule has 2 nitrogen and oxygen atoms in total. The predicted octanol–water partition coefficient (Wildman–Crippen LogP) is 0.0467. The average molecular weight is 176 g/mol. The molecule has 1 unspecified atom stereocenters. The van der Waals surface area contributed by atoms with Crippen molar-refractivity contribution in [2.24, 2.45) is 0 Å². The molecule has 1 rings (SSSR count). The molecule has 3 heteroatoms. The van der Waals surface area contributed by atoms with E-state index in [0.29, 0.717) is 0 Å². The molecule has 0 bridgehead atoms. The number of hydrogen-bond donors (Lipinski definition) is 1. The van der Waals surface area contributed by atoms with Crippen molar-refractivity contribution in [3.8, 4) is 0 Å². The molecule has 1 fully saturated rings. The third-order valence-electron chi connectivity index (χ3n) is 1.67. The van der Waals surface area contributed by atoms with E-state index < -0.39 is 5.97 Å². The summed E-state index contributed by atoms with van der Waals surface area (Å²) in [4.78, 5) is 10.3. The summed E-state index contributed by atoms with van der Waals surface area (Å²) in [7, 11) is 0. The molecular weight excluding hydrogens is 167 g/mol. The molecule has 0 aromatic heterocycles. The van der Waals surface area contributed by atoms with Crippen LogP contribution >= 0.6 is 0 Å². The summed E-state index contributed by atoms with van der Waals surface area (Å²) in [6.07, 6.45) is 2.88. The van der Waals surface area contributed by atoms with E-state index in [1.165, 1.54) is 16.9 Å². The van der Waals surface area contributed by atoms with Gasteiger partial charge in [0.2, 0.25) is 0 Å². The normalized spacial score (nSPS) is 24.1. The fraction of sp³-hybridized carbons (Fsp3) is 0.800. The summed E-state index contributed by atoms with van der Waals surface area (Å²) in [6.45, 7) is 0. The minimum absolute atomic E-state index is 0.299. The van der Waals surface area contributed by atoms with Crippen LogP contribution in [-0.2, 0) is 4.79 Å². The van der Waals surface area contributed by atoms with Crippen molar-refractivity contribution in [3.05, 3.63) is 0 Å². The second kappa shape index (κ2) is 1.77. The van der Waals surface area contributed by atoms with Crippen LogP contribution in [0.1, 0.15) is 19.3 Å². The zero-order valence-electron chi connectivity index (χ0n) is 4.55. The van der Waals surface area contributed by atoms with Crippen molar-refractivity contribution in [2.75, 3.05) is 0 Å². The van der Waals surface area contributed by atoms with Gasteiger partial charge in [0, 0.05) is 0 Å². The van der Waals surface area contributed by atoms with Crippen molar-refractivity contribution in [3.63, 3.8) is 0 Å². The topological polar surface area (TPSA) is 37.3 Å². The number of rotatable bonds is 1. The standard InChI is InChI=1S/C5H9AsO2/c6-5(4(7)8)2-1-3-5/h1-3,6H2,(H,7,8). The SMILES string of the molecule is O=C(O)C1([AsH2])CCC1. The van der Waals surface area contributed by atoms with Crippen LogP contribution in [0.5, 0.6) is 0 Å². The first-order valence-corrected chi connectivity index (χ1v) is 3.88. The Hall–Kier alpha value is 0.0284. The second-order valence-corrected chi connectivity index (χ2v) is 4.63. The molecule has 8 heavy (non-hydrogen) atoms. The molecule has 1 saturated carbocycles. The molecule has 1 aliphatic rings.